The van der Waals surface area contributed by atoms with Crippen LogP contribution in [0, 0.1) is 0 Å². The van der Waals surface area contributed by atoms with E-state index in [0.717, 1.165) is 24.1 Å². The van der Waals surface area contributed by atoms with Gasteiger partial charge in [-0.2, -0.15) is 0 Å². The molecule has 1 aromatic heterocycles. The first-order valence-electron chi connectivity index (χ1n) is 6.67. The molecule has 3 nitrogen and oxygen atoms in total. The van der Waals surface area contributed by atoms with E-state index in [4.69, 9.17) is 11.6 Å². The first kappa shape index (κ1) is 14.5. The van der Waals surface area contributed by atoms with Gasteiger partial charge in [0.15, 0.2) is 0 Å². The molecule has 0 unspecified atom stereocenters. The van der Waals surface area contributed by atoms with E-state index < -0.39 is 0 Å². The van der Waals surface area contributed by atoms with E-state index in [2.05, 4.69) is 17.2 Å². The van der Waals surface area contributed by atoms with Gasteiger partial charge in [0.2, 0.25) is 0 Å². The van der Waals surface area contributed by atoms with Crippen LogP contribution in [0.2, 0.25) is 5.15 Å². The van der Waals surface area contributed by atoms with Crippen molar-refractivity contribution in [3.8, 4) is 0 Å². The standard InChI is InChI=1S/C16H17ClN2O/c1-2-6-14-9-13(10-15(17)19-14)16(20)18-11-12-7-4-3-5-8-12/h3-5,7-10H,2,6,11H2,1H3,(H,18,20). The van der Waals surface area contributed by atoms with Crippen LogP contribution in [0.3, 0.4) is 0 Å². The molecule has 0 saturated heterocycles. The van der Waals surface area contributed by atoms with E-state index in [1.807, 2.05) is 30.3 Å². The molecule has 2 aromatic rings. The van der Waals surface area contributed by atoms with Crippen molar-refractivity contribution in [2.45, 2.75) is 26.3 Å². The summed E-state index contributed by atoms with van der Waals surface area (Å²) in [4.78, 5) is 16.3. The van der Waals surface area contributed by atoms with Gasteiger partial charge in [0, 0.05) is 17.8 Å². The highest BCUT2D eigenvalue weighted by Gasteiger charge is 2.09. The number of hydrogen-bond acceptors (Lipinski definition) is 2. The van der Waals surface area contributed by atoms with E-state index in [9.17, 15) is 4.79 Å². The summed E-state index contributed by atoms with van der Waals surface area (Å²) in [6.45, 7) is 2.57. The smallest absolute Gasteiger partial charge is 0.251 e. The Labute approximate surface area is 124 Å². The number of hydrogen-bond donors (Lipinski definition) is 1. The first-order chi connectivity index (χ1) is 9.69. The van der Waals surface area contributed by atoms with Crippen LogP contribution in [-0.4, -0.2) is 10.9 Å². The largest absolute Gasteiger partial charge is 0.348 e. The fourth-order valence-electron chi connectivity index (χ4n) is 1.95. The van der Waals surface area contributed by atoms with E-state index in [1.165, 1.54) is 0 Å². The molecule has 0 aliphatic heterocycles. The molecular weight excluding hydrogens is 272 g/mol. The Kier molecular flexibility index (Phi) is 5.13. The summed E-state index contributed by atoms with van der Waals surface area (Å²) >= 11 is 5.96. The van der Waals surface area contributed by atoms with Gasteiger partial charge >= 0.3 is 0 Å². The van der Waals surface area contributed by atoms with Gasteiger partial charge in [-0.05, 0) is 24.1 Å². The summed E-state index contributed by atoms with van der Waals surface area (Å²) in [5, 5.41) is 3.25. The summed E-state index contributed by atoms with van der Waals surface area (Å²) in [6.07, 6.45) is 1.79. The quantitative estimate of drug-likeness (QED) is 0.854. The third-order valence-electron chi connectivity index (χ3n) is 2.91. The lowest BCUT2D eigenvalue weighted by Crippen LogP contribution is -2.23. The Bertz CT molecular complexity index is 584. The number of halogens is 1. The van der Waals surface area contributed by atoms with Crippen molar-refractivity contribution in [2.75, 3.05) is 0 Å². The highest BCUT2D eigenvalue weighted by Crippen LogP contribution is 2.12. The molecule has 1 N–H and O–H groups in total. The molecule has 1 aromatic carbocycles. The second kappa shape index (κ2) is 7.06. The zero-order chi connectivity index (χ0) is 14.4. The summed E-state index contributed by atoms with van der Waals surface area (Å²) < 4.78 is 0. The third kappa shape index (κ3) is 4.07. The lowest BCUT2D eigenvalue weighted by atomic mass is 10.1. The molecule has 0 fully saturated rings. The molecule has 0 spiro atoms. The number of aryl methyl sites for hydroxylation is 1. The van der Waals surface area contributed by atoms with Crippen LogP contribution in [0.15, 0.2) is 42.5 Å². The maximum absolute atomic E-state index is 12.1. The minimum Gasteiger partial charge on any atom is -0.348 e. The van der Waals surface area contributed by atoms with Gasteiger partial charge < -0.3 is 5.32 Å². The SMILES string of the molecule is CCCc1cc(C(=O)NCc2ccccc2)cc(Cl)n1. The van der Waals surface area contributed by atoms with Crippen molar-refractivity contribution in [3.05, 3.63) is 64.4 Å². The van der Waals surface area contributed by atoms with Gasteiger partial charge in [-0.1, -0.05) is 55.3 Å². The Morgan fingerprint density at radius 1 is 1.25 bits per heavy atom. The molecule has 4 heteroatoms. The van der Waals surface area contributed by atoms with Gasteiger partial charge in [-0.25, -0.2) is 4.98 Å². The summed E-state index contributed by atoms with van der Waals surface area (Å²) in [5.74, 6) is -0.129. The summed E-state index contributed by atoms with van der Waals surface area (Å²) in [5.41, 5.74) is 2.48. The van der Waals surface area contributed by atoms with Crippen LogP contribution < -0.4 is 5.32 Å². The van der Waals surface area contributed by atoms with Crippen LogP contribution >= 0.6 is 11.6 Å². The number of rotatable bonds is 5. The van der Waals surface area contributed by atoms with E-state index in [0.29, 0.717) is 17.3 Å². The Morgan fingerprint density at radius 2 is 2.00 bits per heavy atom. The molecule has 0 radical (unpaired) electrons. The van der Waals surface area contributed by atoms with Gasteiger partial charge in [0.05, 0.1) is 0 Å². The number of carbonyl (C=O) groups excluding carboxylic acids is 1. The number of nitrogens with zero attached hydrogens (tertiary/aromatic N) is 1. The second-order valence-electron chi connectivity index (χ2n) is 4.59. The zero-order valence-corrected chi connectivity index (χ0v) is 12.2. The van der Waals surface area contributed by atoms with Gasteiger partial charge in [0.1, 0.15) is 5.15 Å². The van der Waals surface area contributed by atoms with Gasteiger partial charge in [-0.3, -0.25) is 4.79 Å². The fraction of sp³-hybridized carbons (Fsp3) is 0.250. The maximum atomic E-state index is 12.1. The second-order valence-corrected chi connectivity index (χ2v) is 4.98. The van der Waals surface area contributed by atoms with Crippen LogP contribution in [0.25, 0.3) is 0 Å². The molecule has 0 aliphatic carbocycles. The van der Waals surface area contributed by atoms with Crippen molar-refractivity contribution in [3.63, 3.8) is 0 Å². The van der Waals surface area contributed by atoms with E-state index in [-0.39, 0.29) is 5.91 Å². The molecular formula is C16H17ClN2O. The highest BCUT2D eigenvalue weighted by molar-refractivity contribution is 6.29. The van der Waals surface area contributed by atoms with Crippen LogP contribution in [0.4, 0.5) is 0 Å². The van der Waals surface area contributed by atoms with Crippen LogP contribution in [-0.2, 0) is 13.0 Å². The van der Waals surface area contributed by atoms with Gasteiger partial charge in [0.25, 0.3) is 5.91 Å². The number of pyridine rings is 1. The van der Waals surface area contributed by atoms with Crippen molar-refractivity contribution >= 4 is 17.5 Å². The minimum absolute atomic E-state index is 0.129. The Balaban J connectivity index is 2.05. The van der Waals surface area contributed by atoms with Crippen molar-refractivity contribution in [1.29, 1.82) is 0 Å². The monoisotopic (exact) mass is 288 g/mol. The van der Waals surface area contributed by atoms with E-state index >= 15 is 0 Å². The number of aromatic nitrogens is 1. The molecule has 20 heavy (non-hydrogen) atoms. The Hall–Kier alpha value is -1.87. The van der Waals surface area contributed by atoms with Crippen molar-refractivity contribution < 1.29 is 4.79 Å². The van der Waals surface area contributed by atoms with Crippen LogP contribution in [0.1, 0.15) is 35.0 Å². The van der Waals surface area contributed by atoms with Crippen molar-refractivity contribution in [2.24, 2.45) is 0 Å². The predicted octanol–water partition coefficient (Wildman–Crippen LogP) is 3.62. The minimum atomic E-state index is -0.129. The van der Waals surface area contributed by atoms with Gasteiger partial charge in [-0.15, -0.1) is 0 Å². The first-order valence-corrected chi connectivity index (χ1v) is 7.05. The van der Waals surface area contributed by atoms with E-state index in [1.54, 1.807) is 12.1 Å². The number of amides is 1. The average Bonchev–Trinajstić information content (AvgIpc) is 2.45. The number of carbonyl (C=O) groups is 1. The zero-order valence-electron chi connectivity index (χ0n) is 11.4. The molecule has 0 aliphatic rings. The molecule has 0 atom stereocenters. The molecule has 1 heterocycles. The fourth-order valence-corrected chi connectivity index (χ4v) is 2.17. The van der Waals surface area contributed by atoms with Crippen molar-refractivity contribution in [1.82, 2.24) is 10.3 Å². The average molecular weight is 289 g/mol. The third-order valence-corrected chi connectivity index (χ3v) is 3.10. The topological polar surface area (TPSA) is 42.0 Å². The normalized spacial score (nSPS) is 10.3. The summed E-state index contributed by atoms with van der Waals surface area (Å²) in [7, 11) is 0. The highest BCUT2D eigenvalue weighted by atomic mass is 35.5. The van der Waals surface area contributed by atoms with Crippen LogP contribution in [0.5, 0.6) is 0 Å². The molecule has 104 valence electrons. The number of nitrogens with one attached hydrogen (secondary N) is 1. The molecule has 1 amide bonds. The predicted molar refractivity (Wildman–Crippen MR) is 80.9 cm³/mol. The molecule has 0 bridgehead atoms. The molecule has 2 rings (SSSR count). The maximum Gasteiger partial charge on any atom is 0.251 e. The number of benzene rings is 1. The summed E-state index contributed by atoms with van der Waals surface area (Å²) in [6, 6.07) is 13.2. The lowest BCUT2D eigenvalue weighted by molar-refractivity contribution is 0.0950. The molecule has 0 saturated carbocycles. The lowest BCUT2D eigenvalue weighted by Gasteiger charge is -2.07. The Morgan fingerprint density at radius 3 is 2.70 bits per heavy atom.